The first-order chi connectivity index (χ1) is 12.5. The molecule has 2 aliphatic carbocycles. The molecule has 2 aliphatic rings. The van der Waals surface area contributed by atoms with Crippen LogP contribution in [0.1, 0.15) is 36.5 Å². The lowest BCUT2D eigenvalue weighted by Crippen LogP contribution is -2.41. The molecule has 0 aliphatic heterocycles. The van der Waals surface area contributed by atoms with Crippen LogP contribution in [-0.4, -0.2) is 14.5 Å². The third-order valence-corrected chi connectivity index (χ3v) is 8.76. The molecule has 0 saturated heterocycles. The van der Waals surface area contributed by atoms with E-state index in [2.05, 4.69) is 29.0 Å². The van der Waals surface area contributed by atoms with Gasteiger partial charge in [-0.2, -0.15) is 0 Å². The summed E-state index contributed by atoms with van der Waals surface area (Å²) < 4.78 is 29.4. The highest BCUT2D eigenvalue weighted by Crippen LogP contribution is 2.41. The topological polar surface area (TPSA) is 46.2 Å². The Labute approximate surface area is 164 Å². The Morgan fingerprint density at radius 2 is 1.85 bits per heavy atom. The summed E-state index contributed by atoms with van der Waals surface area (Å²) in [7, 11) is -3.51. The fourth-order valence-electron chi connectivity index (χ4n) is 4.40. The lowest BCUT2D eigenvalue weighted by Gasteiger charge is -2.23. The van der Waals surface area contributed by atoms with E-state index in [1.807, 2.05) is 13.0 Å². The number of halogens is 1. The van der Waals surface area contributed by atoms with Gasteiger partial charge in [0.15, 0.2) is 0 Å². The van der Waals surface area contributed by atoms with Gasteiger partial charge in [-0.25, -0.2) is 13.1 Å². The molecule has 3 nitrogen and oxygen atoms in total. The van der Waals surface area contributed by atoms with Crippen LogP contribution in [0.3, 0.4) is 0 Å². The Kier molecular flexibility index (Phi) is 4.99. The molecule has 3 unspecified atom stereocenters. The summed E-state index contributed by atoms with van der Waals surface area (Å²) in [4.78, 5) is 0. The third-order valence-electron chi connectivity index (χ3n) is 5.58. The fourth-order valence-corrected chi connectivity index (χ4v) is 7.27. The van der Waals surface area contributed by atoms with Crippen LogP contribution < -0.4 is 4.72 Å². The van der Waals surface area contributed by atoms with Crippen molar-refractivity contribution in [2.75, 3.05) is 0 Å². The second-order valence-electron chi connectivity index (χ2n) is 7.24. The van der Waals surface area contributed by atoms with E-state index in [0.29, 0.717) is 20.4 Å². The largest absolute Gasteiger partial charge is 0.250 e. The summed E-state index contributed by atoms with van der Waals surface area (Å²) in [6.45, 7) is 2.02. The van der Waals surface area contributed by atoms with E-state index in [1.165, 1.54) is 16.7 Å². The quantitative estimate of drug-likeness (QED) is 0.782. The summed E-state index contributed by atoms with van der Waals surface area (Å²) in [6.07, 6.45) is 8.21. The van der Waals surface area contributed by atoms with Crippen molar-refractivity contribution in [2.45, 2.75) is 42.9 Å². The van der Waals surface area contributed by atoms with Crippen molar-refractivity contribution in [2.24, 2.45) is 11.8 Å². The second kappa shape index (κ2) is 7.12. The summed E-state index contributed by atoms with van der Waals surface area (Å²) >= 11 is 7.04. The number of hydrogen-bond acceptors (Lipinski definition) is 3. The summed E-state index contributed by atoms with van der Waals surface area (Å²) in [5.74, 6) is 0.714. The minimum Gasteiger partial charge on any atom is -0.207 e. The molecule has 2 aromatic rings. The predicted octanol–water partition coefficient (Wildman–Crippen LogP) is 4.91. The van der Waals surface area contributed by atoms with Crippen molar-refractivity contribution in [3.8, 4) is 0 Å². The van der Waals surface area contributed by atoms with E-state index in [0.717, 1.165) is 37.0 Å². The van der Waals surface area contributed by atoms with Crippen molar-refractivity contribution >= 4 is 39.0 Å². The number of benzene rings is 1. The minimum atomic E-state index is -3.51. The van der Waals surface area contributed by atoms with E-state index in [1.54, 1.807) is 12.1 Å². The van der Waals surface area contributed by atoms with Gasteiger partial charge in [0.2, 0.25) is 10.0 Å². The molecular formula is C20H22ClNO2S2. The zero-order valence-electron chi connectivity index (χ0n) is 14.6. The average molecular weight is 408 g/mol. The highest BCUT2D eigenvalue weighted by atomic mass is 35.5. The average Bonchev–Trinajstić information content (AvgIpc) is 3.13. The highest BCUT2D eigenvalue weighted by molar-refractivity contribution is 7.91. The molecule has 1 saturated carbocycles. The summed E-state index contributed by atoms with van der Waals surface area (Å²) in [6, 6.07) is 9.87. The van der Waals surface area contributed by atoms with Crippen LogP contribution in [0.25, 0.3) is 6.08 Å². The van der Waals surface area contributed by atoms with Crippen LogP contribution >= 0.6 is 22.9 Å². The number of fused-ring (bicyclic) bond motifs is 3. The van der Waals surface area contributed by atoms with Gasteiger partial charge in [-0.1, -0.05) is 42.0 Å². The van der Waals surface area contributed by atoms with Crippen LogP contribution in [0.5, 0.6) is 0 Å². The third kappa shape index (κ3) is 3.50. The van der Waals surface area contributed by atoms with Crippen LogP contribution in [0.4, 0.5) is 0 Å². The normalized spacial score (nSPS) is 25.4. The van der Waals surface area contributed by atoms with E-state index in [-0.39, 0.29) is 6.04 Å². The van der Waals surface area contributed by atoms with Gasteiger partial charge in [0.1, 0.15) is 4.21 Å². The molecule has 1 N–H and O–H groups in total. The highest BCUT2D eigenvalue weighted by Gasteiger charge is 2.41. The molecule has 0 radical (unpaired) electrons. The van der Waals surface area contributed by atoms with Crippen LogP contribution in [0.2, 0.25) is 4.34 Å². The molecule has 3 atom stereocenters. The zero-order chi connectivity index (χ0) is 18.3. The molecule has 1 fully saturated rings. The van der Waals surface area contributed by atoms with Gasteiger partial charge in [-0.05, 0) is 73.3 Å². The van der Waals surface area contributed by atoms with Gasteiger partial charge in [0, 0.05) is 6.04 Å². The van der Waals surface area contributed by atoms with Gasteiger partial charge < -0.3 is 0 Å². The lowest BCUT2D eigenvalue weighted by molar-refractivity contribution is 0.386. The molecule has 138 valence electrons. The van der Waals surface area contributed by atoms with Crippen LogP contribution in [-0.2, 0) is 22.9 Å². The molecule has 1 heterocycles. The Morgan fingerprint density at radius 1 is 1.12 bits per heavy atom. The number of hydrogen-bond donors (Lipinski definition) is 1. The molecule has 6 heteroatoms. The zero-order valence-corrected chi connectivity index (χ0v) is 17.0. The maximum Gasteiger partial charge on any atom is 0.250 e. The number of rotatable bonds is 4. The Morgan fingerprint density at radius 3 is 2.50 bits per heavy atom. The molecule has 0 spiro atoms. The Hall–Kier alpha value is -1.14. The number of allylic oxidation sites excluding steroid dienone is 1. The first kappa shape index (κ1) is 18.2. The van der Waals surface area contributed by atoms with Crippen molar-refractivity contribution in [1.29, 1.82) is 0 Å². The van der Waals surface area contributed by atoms with Gasteiger partial charge in [-0.3, -0.25) is 0 Å². The molecule has 4 rings (SSSR count). The molecule has 2 bridgehead atoms. The van der Waals surface area contributed by atoms with E-state index in [4.69, 9.17) is 11.6 Å². The predicted molar refractivity (Wildman–Crippen MR) is 108 cm³/mol. The van der Waals surface area contributed by atoms with Crippen molar-refractivity contribution in [1.82, 2.24) is 4.72 Å². The molecule has 0 amide bonds. The van der Waals surface area contributed by atoms with Gasteiger partial charge in [-0.15, -0.1) is 11.3 Å². The SMILES string of the molecule is C/C=C\c1ccc2c(c1)CC1CCC(C2)C1NS(=O)(=O)c1ccc(Cl)s1. The molecular weight excluding hydrogens is 386 g/mol. The molecule has 26 heavy (non-hydrogen) atoms. The fraction of sp³-hybridized carbons (Fsp3) is 0.400. The second-order valence-corrected chi connectivity index (χ2v) is 10.9. The van der Waals surface area contributed by atoms with Gasteiger partial charge in [0.25, 0.3) is 0 Å². The lowest BCUT2D eigenvalue weighted by atomic mass is 9.92. The van der Waals surface area contributed by atoms with Crippen molar-refractivity contribution in [3.63, 3.8) is 0 Å². The van der Waals surface area contributed by atoms with Gasteiger partial charge in [0.05, 0.1) is 4.34 Å². The van der Waals surface area contributed by atoms with Gasteiger partial charge >= 0.3 is 0 Å². The maximum absolute atomic E-state index is 12.8. The van der Waals surface area contributed by atoms with E-state index < -0.39 is 10.0 Å². The Balaban J connectivity index is 1.60. The summed E-state index contributed by atoms with van der Waals surface area (Å²) in [5, 5.41) is 0. The molecule has 1 aromatic heterocycles. The monoisotopic (exact) mass is 407 g/mol. The number of nitrogens with one attached hydrogen (secondary N) is 1. The van der Waals surface area contributed by atoms with Crippen molar-refractivity contribution < 1.29 is 8.42 Å². The number of sulfonamides is 1. The van der Waals surface area contributed by atoms with Crippen molar-refractivity contribution in [3.05, 3.63) is 57.4 Å². The minimum absolute atomic E-state index is 0.00144. The molecule has 1 aromatic carbocycles. The maximum atomic E-state index is 12.8. The van der Waals surface area contributed by atoms with Crippen LogP contribution in [0, 0.1) is 11.8 Å². The van der Waals surface area contributed by atoms with Crippen LogP contribution in [0.15, 0.2) is 40.6 Å². The van der Waals surface area contributed by atoms with E-state index >= 15 is 0 Å². The summed E-state index contributed by atoms with van der Waals surface area (Å²) in [5.41, 5.74) is 3.96. The first-order valence-corrected chi connectivity index (χ1v) is 11.7. The smallest absolute Gasteiger partial charge is 0.207 e. The first-order valence-electron chi connectivity index (χ1n) is 8.98. The standard InChI is InChI=1S/C20H22ClNO2S2/c1-2-3-13-4-5-14-11-15-6-7-16(12-17(14)10-13)20(15)22-26(23,24)19-9-8-18(21)25-19/h2-5,8-10,15-16,20,22H,6-7,11-12H2,1H3/b3-2-. The number of thiophene rings is 1. The van der Waals surface area contributed by atoms with E-state index in [9.17, 15) is 8.42 Å². The Bertz CT molecular complexity index is 948.